The molecule has 0 spiro atoms. The summed E-state index contributed by atoms with van der Waals surface area (Å²) in [5.41, 5.74) is -1.46. The second kappa shape index (κ2) is 56.9. The minimum Gasteiger partial charge on any atom is -0.466 e. The molecule has 0 aliphatic heterocycles. The zero-order valence-electron chi connectivity index (χ0n) is 51.6. The average Bonchev–Trinajstić information content (AvgIpc) is 3.47. The van der Waals surface area contributed by atoms with Crippen LogP contribution in [0.5, 0.6) is 0 Å². The summed E-state index contributed by atoms with van der Waals surface area (Å²) in [5.74, 6) is -2.18. The first-order chi connectivity index (χ1) is 38.9. The maximum Gasteiger partial charge on any atom is 0.508 e. The molecule has 0 N–H and O–H groups in total. The number of esters is 6. The molecule has 0 aliphatic rings. The van der Waals surface area contributed by atoms with Crippen LogP contribution in [0, 0.1) is 5.41 Å². The van der Waals surface area contributed by atoms with Gasteiger partial charge in [-0.2, -0.15) is 0 Å². The van der Waals surface area contributed by atoms with Gasteiger partial charge >= 0.3 is 42.0 Å². The van der Waals surface area contributed by atoms with E-state index < -0.39 is 36.1 Å². The third-order valence-electron chi connectivity index (χ3n) is 14.4. The summed E-state index contributed by atoms with van der Waals surface area (Å²) in [6.07, 6.45) is 32.8. The number of rotatable bonds is 59. The van der Waals surface area contributed by atoms with Crippen LogP contribution in [-0.2, 0) is 66.7 Å². The van der Waals surface area contributed by atoms with Crippen LogP contribution in [-0.4, -0.2) is 119 Å². The van der Waals surface area contributed by atoms with Crippen molar-refractivity contribution in [1.29, 1.82) is 0 Å². The fourth-order valence-electron chi connectivity index (χ4n) is 9.03. The highest BCUT2D eigenvalue weighted by Gasteiger charge is 2.38. The predicted octanol–water partition coefficient (Wildman–Crippen LogP) is 15.4. The van der Waals surface area contributed by atoms with Crippen LogP contribution in [0.3, 0.4) is 0 Å². The predicted molar refractivity (Wildman–Crippen MR) is 315 cm³/mol. The van der Waals surface area contributed by atoms with E-state index in [2.05, 4.69) is 39.5 Å². The van der Waals surface area contributed by atoms with Gasteiger partial charge in [0.15, 0.2) is 0 Å². The van der Waals surface area contributed by atoms with E-state index in [-0.39, 0.29) is 63.6 Å². The van der Waals surface area contributed by atoms with Gasteiger partial charge < -0.3 is 42.8 Å². The Morgan fingerprint density at radius 2 is 0.500 bits per heavy atom. The van der Waals surface area contributed by atoms with Gasteiger partial charge in [-0.05, 0) is 77.3 Å². The molecule has 16 heteroatoms. The molecule has 0 atom stereocenters. The van der Waals surface area contributed by atoms with Crippen molar-refractivity contribution in [2.75, 3.05) is 72.5 Å². The topological polar surface area (TPSA) is 197 Å². The molecule has 0 aromatic rings. The Labute approximate surface area is 486 Å². The smallest absolute Gasteiger partial charge is 0.466 e. The summed E-state index contributed by atoms with van der Waals surface area (Å²) < 4.78 is 44.5. The van der Waals surface area contributed by atoms with E-state index in [1.807, 2.05) is 0 Å². The largest absolute Gasteiger partial charge is 0.508 e. The summed E-state index contributed by atoms with van der Waals surface area (Å²) >= 11 is 0. The van der Waals surface area contributed by atoms with Crippen molar-refractivity contribution in [1.82, 2.24) is 4.90 Å². The van der Waals surface area contributed by atoms with Crippen molar-refractivity contribution < 1.29 is 71.5 Å². The first kappa shape index (κ1) is 76.0. The van der Waals surface area contributed by atoms with Gasteiger partial charge in [0.2, 0.25) is 0 Å². The number of unbranched alkanes of at least 4 members (excludes halogenated alkanes) is 27. The lowest BCUT2D eigenvalue weighted by Gasteiger charge is -2.31. The Hall–Kier alpha value is -3.95. The average molecular weight is 1140 g/mol. The zero-order valence-corrected chi connectivity index (χ0v) is 51.6. The molecular formula is C64H117NO15. The molecule has 16 nitrogen and oxygen atoms in total. The lowest BCUT2D eigenvalue weighted by atomic mass is 9.92. The van der Waals surface area contributed by atoms with Crippen LogP contribution in [0.4, 0.5) is 4.79 Å². The fraction of sp³-hybridized carbons (Fsp3) is 0.891. The maximum atomic E-state index is 13.2. The molecule has 0 aromatic heterocycles. The van der Waals surface area contributed by atoms with Crippen LogP contribution >= 0.6 is 0 Å². The summed E-state index contributed by atoms with van der Waals surface area (Å²) in [7, 11) is 0. The number of nitrogens with zero attached hydrogens (tertiary/aromatic N) is 1. The van der Waals surface area contributed by atoms with E-state index in [1.54, 1.807) is 0 Å². The lowest BCUT2D eigenvalue weighted by Crippen LogP contribution is -2.44. The molecule has 0 saturated carbocycles. The molecule has 80 heavy (non-hydrogen) atoms. The molecule has 0 radical (unpaired) electrons. The molecule has 468 valence electrons. The van der Waals surface area contributed by atoms with Crippen LogP contribution in [0.15, 0.2) is 0 Å². The Balaban J connectivity index is 5.51. The van der Waals surface area contributed by atoms with Crippen LogP contribution in [0.25, 0.3) is 0 Å². The molecule has 0 amide bonds. The van der Waals surface area contributed by atoms with Crippen molar-refractivity contribution in [2.24, 2.45) is 5.41 Å². The Morgan fingerprint density at radius 1 is 0.263 bits per heavy atom. The van der Waals surface area contributed by atoms with E-state index >= 15 is 0 Å². The minimum absolute atomic E-state index is 0.0849. The number of hydrogen-bond donors (Lipinski definition) is 0. The maximum absolute atomic E-state index is 13.2. The molecular weight excluding hydrogens is 1020 g/mol. The SMILES string of the molecule is CCCCCCCCCOC(=O)CCCCCCC(=O)OCC(COC(=O)CCCCCCC(=O)OCCCCCCCCC)(COC(=O)CCCCCCC(=O)OCCCCCCCCC)COC(=O)OCCCN(CC)CC. The van der Waals surface area contributed by atoms with Crippen LogP contribution < -0.4 is 0 Å². The molecule has 0 unspecified atom stereocenters. The van der Waals surface area contributed by atoms with E-state index in [0.29, 0.717) is 103 Å². The molecule has 0 fully saturated rings. The van der Waals surface area contributed by atoms with Gasteiger partial charge in [-0.1, -0.05) is 189 Å². The van der Waals surface area contributed by atoms with Crippen molar-refractivity contribution in [3.63, 3.8) is 0 Å². The third-order valence-corrected chi connectivity index (χ3v) is 14.4. The lowest BCUT2D eigenvalue weighted by molar-refractivity contribution is -0.166. The number of ether oxygens (including phenoxy) is 8. The van der Waals surface area contributed by atoms with Crippen molar-refractivity contribution in [3.8, 4) is 0 Å². The molecule has 0 heterocycles. The van der Waals surface area contributed by atoms with Gasteiger partial charge in [0.05, 0.1) is 26.4 Å². The number of carbonyl (C=O) groups is 7. The molecule has 0 aliphatic carbocycles. The molecule has 0 saturated heterocycles. The van der Waals surface area contributed by atoms with E-state index in [1.165, 1.54) is 77.0 Å². The fourth-order valence-corrected chi connectivity index (χ4v) is 9.03. The van der Waals surface area contributed by atoms with Gasteiger partial charge in [0, 0.05) is 45.1 Å². The second-order valence-corrected chi connectivity index (χ2v) is 22.0. The number of carbonyl (C=O) groups excluding carboxylic acids is 7. The van der Waals surface area contributed by atoms with Gasteiger partial charge in [-0.3, -0.25) is 28.8 Å². The highest BCUT2D eigenvalue weighted by molar-refractivity contribution is 5.71. The van der Waals surface area contributed by atoms with Gasteiger partial charge in [-0.25, -0.2) is 4.79 Å². The highest BCUT2D eigenvalue weighted by Crippen LogP contribution is 2.24. The first-order valence-corrected chi connectivity index (χ1v) is 32.4. The summed E-state index contributed by atoms with van der Waals surface area (Å²) in [6, 6.07) is 0. The Morgan fingerprint density at radius 3 is 0.787 bits per heavy atom. The monoisotopic (exact) mass is 1140 g/mol. The van der Waals surface area contributed by atoms with E-state index in [9.17, 15) is 33.6 Å². The molecule has 0 rings (SSSR count). The zero-order chi connectivity index (χ0) is 58.8. The highest BCUT2D eigenvalue weighted by atomic mass is 16.7. The van der Waals surface area contributed by atoms with Crippen LogP contribution in [0.2, 0.25) is 0 Å². The van der Waals surface area contributed by atoms with Crippen molar-refractivity contribution in [2.45, 2.75) is 291 Å². The van der Waals surface area contributed by atoms with Crippen molar-refractivity contribution >= 4 is 42.0 Å². The van der Waals surface area contributed by atoms with Gasteiger partial charge in [0.25, 0.3) is 0 Å². The first-order valence-electron chi connectivity index (χ1n) is 32.4. The standard InChI is InChI=1S/C64H117NO15/c1-6-11-14-17-20-29-38-49-73-57(66)42-32-23-26-35-45-60(69)77-53-64(56-80-63(72)76-52-41-48-65(9-4)10-5,54-78-61(70)46-36-27-24-33-43-58(67)74-50-39-30-21-18-15-12-7-2)55-79-62(71)47-37-28-25-34-44-59(68)75-51-40-31-22-19-16-13-8-3/h6-56H2,1-5H3. The Bertz CT molecular complexity index is 1380. The molecule has 0 bridgehead atoms. The third kappa shape index (κ3) is 51.0. The second-order valence-electron chi connectivity index (χ2n) is 22.0. The summed E-state index contributed by atoms with van der Waals surface area (Å²) in [5, 5.41) is 0. The molecule has 0 aromatic carbocycles. The van der Waals surface area contributed by atoms with E-state index in [0.717, 1.165) is 96.7 Å². The summed E-state index contributed by atoms with van der Waals surface area (Å²) in [4.78, 5) is 91.7. The van der Waals surface area contributed by atoms with E-state index in [4.69, 9.17) is 37.9 Å². The normalized spacial score (nSPS) is 11.3. The number of hydrogen-bond acceptors (Lipinski definition) is 16. The van der Waals surface area contributed by atoms with Gasteiger partial charge in [-0.15, -0.1) is 0 Å². The van der Waals surface area contributed by atoms with Gasteiger partial charge in [0.1, 0.15) is 31.8 Å². The Kier molecular flexibility index (Phi) is 54.1. The minimum atomic E-state index is -1.46. The van der Waals surface area contributed by atoms with Crippen molar-refractivity contribution in [3.05, 3.63) is 0 Å². The summed E-state index contributed by atoms with van der Waals surface area (Å²) in [6.45, 7) is 13.1. The van der Waals surface area contributed by atoms with Crippen LogP contribution in [0.1, 0.15) is 291 Å². The quantitative estimate of drug-likeness (QED) is 0.0316.